The number of hydrogen-bond donors (Lipinski definition) is 0. The van der Waals surface area contributed by atoms with Crippen LogP contribution in [0.5, 0.6) is 0 Å². The van der Waals surface area contributed by atoms with Crippen LogP contribution in [0.2, 0.25) is 44.3 Å². The summed E-state index contributed by atoms with van der Waals surface area (Å²) in [4.78, 5) is 12.2. The Bertz CT molecular complexity index is 334. The number of carbonyl (C=O) groups is 1. The molecule has 1 atom stereocenters. The fourth-order valence-electron chi connectivity index (χ4n) is 2.33. The van der Waals surface area contributed by atoms with Crippen LogP contribution in [0.3, 0.4) is 0 Å². The van der Waals surface area contributed by atoms with Crippen molar-refractivity contribution in [3.8, 4) is 0 Å². The van der Waals surface area contributed by atoms with Gasteiger partial charge in [0, 0.05) is 0 Å². The first kappa shape index (κ1) is 13.7. The molecule has 0 amide bonds. The lowest BCUT2D eigenvalue weighted by molar-refractivity contribution is -0.143. The van der Waals surface area contributed by atoms with E-state index in [0.717, 1.165) is 0 Å². The van der Waals surface area contributed by atoms with Crippen LogP contribution < -0.4 is 0 Å². The van der Waals surface area contributed by atoms with E-state index in [2.05, 4.69) is 45.4 Å². The van der Waals surface area contributed by atoms with E-state index in [9.17, 15) is 4.79 Å². The number of ether oxygens (including phenoxy) is 1. The topological polar surface area (TPSA) is 26.3 Å². The van der Waals surface area contributed by atoms with Gasteiger partial charge in [-0.2, -0.15) is 0 Å². The van der Waals surface area contributed by atoms with Gasteiger partial charge in [0.1, 0.15) is 0 Å². The zero-order chi connectivity index (χ0) is 12.8. The number of hydrogen-bond acceptors (Lipinski definition) is 2. The third-order valence-electron chi connectivity index (χ3n) is 3.29. The average Bonchev–Trinajstić information content (AvgIpc) is 2.76. The molecule has 1 unspecified atom stereocenters. The van der Waals surface area contributed by atoms with Gasteiger partial charge in [0.2, 0.25) is 0 Å². The van der Waals surface area contributed by atoms with E-state index < -0.39 is 16.1 Å². The van der Waals surface area contributed by atoms with Crippen LogP contribution in [-0.2, 0) is 9.53 Å². The highest BCUT2D eigenvalue weighted by Crippen LogP contribution is 2.62. The van der Waals surface area contributed by atoms with E-state index in [1.165, 1.54) is 5.20 Å². The third kappa shape index (κ3) is 2.05. The predicted molar refractivity (Wildman–Crippen MR) is 74.1 cm³/mol. The summed E-state index contributed by atoms with van der Waals surface area (Å²) in [6.07, 6.45) is 2.21. The largest absolute Gasteiger partial charge is 0.465 e. The number of esters is 1. The van der Waals surface area contributed by atoms with E-state index in [0.29, 0.717) is 6.61 Å². The predicted octanol–water partition coefficient (Wildman–Crippen LogP) is 3.45. The molecule has 16 heavy (non-hydrogen) atoms. The van der Waals surface area contributed by atoms with Crippen molar-refractivity contribution in [2.75, 3.05) is 6.61 Å². The third-order valence-corrected chi connectivity index (χ3v) is 8.68. The summed E-state index contributed by atoms with van der Waals surface area (Å²) in [6.45, 7) is 16.1. The molecule has 0 spiro atoms. The van der Waals surface area contributed by atoms with Crippen molar-refractivity contribution < 1.29 is 9.53 Å². The van der Waals surface area contributed by atoms with Gasteiger partial charge < -0.3 is 4.74 Å². The Kier molecular flexibility index (Phi) is 3.29. The SMILES string of the molecule is CCOC(=O)C1([Si](C)(C)C)C=C1[Si](C)(C)C. The quantitative estimate of drug-likeness (QED) is 0.569. The second kappa shape index (κ2) is 3.84. The molecular weight excluding hydrogens is 232 g/mol. The summed E-state index contributed by atoms with van der Waals surface area (Å²) in [6, 6.07) is 0. The molecule has 0 radical (unpaired) electrons. The highest BCUT2D eigenvalue weighted by molar-refractivity contribution is 6.94. The van der Waals surface area contributed by atoms with Gasteiger partial charge in [-0.1, -0.05) is 50.6 Å². The standard InChI is InChI=1S/C12H24O2Si2/c1-8-14-11(13)12(16(5,6)7)9-10(12)15(2,3)4/h9H,8H2,1-7H3. The van der Waals surface area contributed by atoms with Gasteiger partial charge >= 0.3 is 5.97 Å². The monoisotopic (exact) mass is 256 g/mol. The van der Waals surface area contributed by atoms with Gasteiger partial charge in [0.05, 0.1) is 27.8 Å². The van der Waals surface area contributed by atoms with E-state index >= 15 is 0 Å². The lowest BCUT2D eigenvalue weighted by Gasteiger charge is -2.32. The fourth-order valence-corrected chi connectivity index (χ4v) is 8.73. The maximum Gasteiger partial charge on any atom is 0.316 e. The smallest absolute Gasteiger partial charge is 0.316 e. The molecule has 0 saturated heterocycles. The Morgan fingerprint density at radius 1 is 1.25 bits per heavy atom. The second-order valence-corrected chi connectivity index (χ2v) is 16.9. The molecular formula is C12H24O2Si2. The molecule has 92 valence electrons. The lowest BCUT2D eigenvalue weighted by Crippen LogP contribution is -2.42. The summed E-state index contributed by atoms with van der Waals surface area (Å²) < 4.78 is 5.29. The maximum absolute atomic E-state index is 12.2. The number of carbonyl (C=O) groups excluding carboxylic acids is 1. The van der Waals surface area contributed by atoms with Crippen LogP contribution in [-0.4, -0.2) is 28.7 Å². The molecule has 1 aliphatic rings. The minimum absolute atomic E-state index is 0.00610. The van der Waals surface area contributed by atoms with Crippen LogP contribution in [0.15, 0.2) is 11.3 Å². The van der Waals surface area contributed by atoms with Crippen molar-refractivity contribution in [1.29, 1.82) is 0 Å². The minimum Gasteiger partial charge on any atom is -0.465 e. The molecule has 0 fully saturated rings. The molecule has 0 aromatic rings. The van der Waals surface area contributed by atoms with Gasteiger partial charge in [-0.3, -0.25) is 4.79 Å². The van der Waals surface area contributed by atoms with Crippen molar-refractivity contribution in [1.82, 2.24) is 0 Å². The van der Waals surface area contributed by atoms with Gasteiger partial charge in [-0.25, -0.2) is 0 Å². The van der Waals surface area contributed by atoms with E-state index in [1.807, 2.05) is 6.92 Å². The molecule has 0 saturated carbocycles. The van der Waals surface area contributed by atoms with Crippen LogP contribution >= 0.6 is 0 Å². The van der Waals surface area contributed by atoms with E-state index in [4.69, 9.17) is 4.74 Å². The van der Waals surface area contributed by atoms with E-state index in [-0.39, 0.29) is 11.0 Å². The minimum atomic E-state index is -1.58. The van der Waals surface area contributed by atoms with Crippen molar-refractivity contribution in [3.63, 3.8) is 0 Å². The van der Waals surface area contributed by atoms with Crippen LogP contribution in [0.25, 0.3) is 0 Å². The van der Waals surface area contributed by atoms with Gasteiger partial charge in [-0.05, 0) is 6.92 Å². The number of rotatable bonds is 4. The fraction of sp³-hybridized carbons (Fsp3) is 0.750. The summed E-state index contributed by atoms with van der Waals surface area (Å²) in [7, 11) is -2.94. The normalized spacial score (nSPS) is 25.1. The molecule has 0 aromatic carbocycles. The molecule has 0 heterocycles. The van der Waals surface area contributed by atoms with Crippen LogP contribution in [0, 0.1) is 0 Å². The summed E-state index contributed by atoms with van der Waals surface area (Å²) in [5, 5.41) is 1.14. The summed E-state index contributed by atoms with van der Waals surface area (Å²) in [5.74, 6) is 0.00610. The Balaban J connectivity index is 3.00. The van der Waals surface area contributed by atoms with Gasteiger partial charge in [-0.15, -0.1) is 0 Å². The molecule has 1 aliphatic carbocycles. The average molecular weight is 256 g/mol. The van der Waals surface area contributed by atoms with Crippen LogP contribution in [0.4, 0.5) is 0 Å². The Morgan fingerprint density at radius 3 is 2.00 bits per heavy atom. The summed E-state index contributed by atoms with van der Waals surface area (Å²) in [5.41, 5.74) is 0. The van der Waals surface area contributed by atoms with Crippen molar-refractivity contribution in [2.24, 2.45) is 0 Å². The molecule has 0 bridgehead atoms. The first-order chi connectivity index (χ1) is 7.07. The highest BCUT2D eigenvalue weighted by atomic mass is 28.3. The Hall–Kier alpha value is -0.356. The highest BCUT2D eigenvalue weighted by Gasteiger charge is 2.63. The molecule has 0 aromatic heterocycles. The molecule has 1 rings (SSSR count). The van der Waals surface area contributed by atoms with Crippen LogP contribution in [0.1, 0.15) is 6.92 Å². The first-order valence-corrected chi connectivity index (χ1v) is 13.0. The zero-order valence-electron chi connectivity index (χ0n) is 11.6. The van der Waals surface area contributed by atoms with Crippen molar-refractivity contribution >= 4 is 22.1 Å². The molecule has 0 aliphatic heterocycles. The molecule has 0 N–H and O–H groups in total. The van der Waals surface area contributed by atoms with Gasteiger partial charge in [0.15, 0.2) is 0 Å². The Morgan fingerprint density at radius 2 is 1.75 bits per heavy atom. The van der Waals surface area contributed by atoms with Crippen molar-refractivity contribution in [3.05, 3.63) is 11.3 Å². The van der Waals surface area contributed by atoms with Crippen molar-refractivity contribution in [2.45, 2.75) is 51.2 Å². The lowest BCUT2D eigenvalue weighted by atomic mass is 10.4. The first-order valence-electron chi connectivity index (χ1n) is 5.98. The maximum atomic E-state index is 12.2. The Labute approximate surface area is 101 Å². The molecule has 4 heteroatoms. The van der Waals surface area contributed by atoms with E-state index in [1.54, 1.807) is 0 Å². The summed E-state index contributed by atoms with van der Waals surface area (Å²) >= 11 is 0. The molecule has 2 nitrogen and oxygen atoms in total. The van der Waals surface area contributed by atoms with Gasteiger partial charge in [0.25, 0.3) is 0 Å². The second-order valence-electron chi connectivity index (χ2n) is 6.59. The zero-order valence-corrected chi connectivity index (χ0v) is 13.6.